The number of nitrogens with one attached hydrogen (secondary N) is 1. The summed E-state index contributed by atoms with van der Waals surface area (Å²) < 4.78 is 15.2. The van der Waals surface area contributed by atoms with Gasteiger partial charge in [-0.25, -0.2) is 9.97 Å². The first-order chi connectivity index (χ1) is 20.5. The van der Waals surface area contributed by atoms with Crippen molar-refractivity contribution in [2.45, 2.75) is 43.7 Å². The Morgan fingerprint density at radius 2 is 2.00 bits per heavy atom. The number of carbonyl (C=O) groups is 1. The molecule has 1 unspecified atom stereocenters. The van der Waals surface area contributed by atoms with Gasteiger partial charge in [0, 0.05) is 50.3 Å². The van der Waals surface area contributed by atoms with Gasteiger partial charge in [-0.3, -0.25) is 4.79 Å². The van der Waals surface area contributed by atoms with Crippen molar-refractivity contribution in [2.75, 3.05) is 32.3 Å². The van der Waals surface area contributed by atoms with Crippen LogP contribution in [-0.4, -0.2) is 80.8 Å². The van der Waals surface area contributed by atoms with Crippen molar-refractivity contribution in [3.63, 3.8) is 0 Å². The number of hydrogen-bond acceptors (Lipinski definition) is 8. The monoisotopic (exact) mass is 567 g/mol. The summed E-state index contributed by atoms with van der Waals surface area (Å²) in [6.45, 7) is 1.72. The molecule has 11 heteroatoms. The van der Waals surface area contributed by atoms with Crippen LogP contribution < -0.4 is 10.2 Å². The SMILES string of the molecule is CO[C@H]1COC[C@@H]1n1cccc2c(-c3cc(N(C)Cc4ccccc4)n4ncc(C(=O)NC5CC[C@@H]5O)c4n3)cnc1-2. The molecule has 2 fully saturated rings. The van der Waals surface area contributed by atoms with Crippen molar-refractivity contribution in [3.8, 4) is 22.6 Å². The average molecular weight is 568 g/mol. The molecular weight excluding hydrogens is 534 g/mol. The molecule has 1 aromatic carbocycles. The second kappa shape index (κ2) is 10.8. The van der Waals surface area contributed by atoms with E-state index in [9.17, 15) is 9.90 Å². The molecule has 2 N–H and O–H groups in total. The van der Waals surface area contributed by atoms with E-state index >= 15 is 0 Å². The number of carbonyl (C=O) groups excluding carboxylic acids is 1. The largest absolute Gasteiger partial charge is 0.391 e. The summed E-state index contributed by atoms with van der Waals surface area (Å²) in [6, 6.07) is 16.0. The lowest BCUT2D eigenvalue weighted by Crippen LogP contribution is -2.50. The molecule has 3 aromatic rings. The van der Waals surface area contributed by atoms with E-state index in [0.717, 1.165) is 34.8 Å². The standard InChI is InChI=1S/C31H33N7O4/c1-36(16-19-7-4-3-5-8-19)28-13-24(34-30-22(15-33-38(28)30)31(40)35-23-10-11-26(23)39)21-14-32-29-20(21)9-6-12-37(29)25-17-42-18-27(25)41-2/h3-9,12-15,23,25-27,39H,10-11,16-18H2,1-2H3,(H,35,40)/t23?,25-,26-,27-/m0/s1. The predicted molar refractivity (Wildman–Crippen MR) is 157 cm³/mol. The number of aromatic nitrogens is 5. The molecular formula is C31H33N7O4. The lowest BCUT2D eigenvalue weighted by molar-refractivity contribution is 0.0448. The maximum Gasteiger partial charge on any atom is 0.257 e. The van der Waals surface area contributed by atoms with Crippen molar-refractivity contribution in [1.82, 2.24) is 29.5 Å². The number of rotatable bonds is 8. The number of ether oxygens (including phenoxy) is 2. The van der Waals surface area contributed by atoms with E-state index in [-0.39, 0.29) is 24.1 Å². The third-order valence-electron chi connectivity index (χ3n) is 8.44. The average Bonchev–Trinajstić information content (AvgIpc) is 3.77. The fraction of sp³-hybridized carbons (Fsp3) is 0.355. The number of pyridine rings is 1. The summed E-state index contributed by atoms with van der Waals surface area (Å²) in [7, 11) is 3.70. The highest BCUT2D eigenvalue weighted by molar-refractivity contribution is 6.00. The van der Waals surface area contributed by atoms with Gasteiger partial charge in [-0.1, -0.05) is 30.3 Å². The zero-order chi connectivity index (χ0) is 28.8. The number of aliphatic hydroxyl groups is 1. The Balaban J connectivity index is 1.31. The molecule has 42 heavy (non-hydrogen) atoms. The van der Waals surface area contributed by atoms with Gasteiger partial charge in [-0.15, -0.1) is 0 Å². The first-order valence-corrected chi connectivity index (χ1v) is 14.2. The number of hydrogen-bond donors (Lipinski definition) is 2. The molecule has 1 amide bonds. The van der Waals surface area contributed by atoms with Crippen molar-refractivity contribution in [2.24, 2.45) is 0 Å². The Bertz CT molecular complexity index is 1700. The molecule has 3 aliphatic heterocycles. The van der Waals surface area contributed by atoms with Gasteiger partial charge in [0.2, 0.25) is 0 Å². The Kier molecular flexibility index (Phi) is 6.85. The van der Waals surface area contributed by atoms with Crippen LogP contribution in [0.15, 0.2) is 67.1 Å². The number of anilines is 1. The predicted octanol–water partition coefficient (Wildman–Crippen LogP) is 3.17. The summed E-state index contributed by atoms with van der Waals surface area (Å²) in [5, 5.41) is 17.6. The number of benzene rings is 1. The second-order valence-corrected chi connectivity index (χ2v) is 11.1. The molecule has 1 saturated carbocycles. The number of methoxy groups -OCH3 is 1. The van der Waals surface area contributed by atoms with Gasteiger partial charge in [0.1, 0.15) is 23.3 Å². The van der Waals surface area contributed by atoms with E-state index in [4.69, 9.17) is 19.4 Å². The van der Waals surface area contributed by atoms with E-state index in [2.05, 4.69) is 32.0 Å². The van der Waals surface area contributed by atoms with Gasteiger partial charge < -0.3 is 29.4 Å². The van der Waals surface area contributed by atoms with E-state index < -0.39 is 6.10 Å². The Hall–Kier alpha value is -4.32. The number of amides is 1. The van der Waals surface area contributed by atoms with Crippen LogP contribution in [0.2, 0.25) is 0 Å². The lowest BCUT2D eigenvalue weighted by Gasteiger charge is -2.32. The quantitative estimate of drug-likeness (QED) is 0.294. The number of fused-ring (bicyclic) bond motifs is 2. The van der Waals surface area contributed by atoms with E-state index in [1.54, 1.807) is 17.8 Å². The van der Waals surface area contributed by atoms with Gasteiger partial charge in [-0.05, 0) is 30.5 Å². The summed E-state index contributed by atoms with van der Waals surface area (Å²) in [6.07, 6.45) is 6.24. The summed E-state index contributed by atoms with van der Waals surface area (Å²) in [5.41, 5.74) is 4.41. The van der Waals surface area contributed by atoms with Crippen LogP contribution in [0, 0.1) is 0 Å². The minimum atomic E-state index is -0.525. The number of nitrogens with zero attached hydrogens (tertiary/aromatic N) is 6. The van der Waals surface area contributed by atoms with Crippen LogP contribution in [-0.2, 0) is 16.0 Å². The third kappa shape index (κ3) is 4.59. The molecule has 1 aliphatic carbocycles. The highest BCUT2D eigenvalue weighted by Crippen LogP contribution is 2.37. The maximum absolute atomic E-state index is 13.3. The molecule has 0 bridgehead atoms. The molecule has 4 atom stereocenters. The van der Waals surface area contributed by atoms with Gasteiger partial charge in [-0.2, -0.15) is 9.61 Å². The molecule has 0 radical (unpaired) electrons. The fourth-order valence-electron chi connectivity index (χ4n) is 5.89. The molecule has 11 nitrogen and oxygen atoms in total. The van der Waals surface area contributed by atoms with Gasteiger partial charge in [0.25, 0.3) is 5.91 Å². The number of aliphatic hydroxyl groups excluding tert-OH is 1. The van der Waals surface area contributed by atoms with E-state index in [0.29, 0.717) is 43.1 Å². The first-order valence-electron chi connectivity index (χ1n) is 14.2. The maximum atomic E-state index is 13.3. The molecule has 2 aromatic heterocycles. The topological polar surface area (TPSA) is 119 Å². The fourth-order valence-corrected chi connectivity index (χ4v) is 5.89. The highest BCUT2D eigenvalue weighted by atomic mass is 16.5. The zero-order valence-corrected chi connectivity index (χ0v) is 23.6. The minimum absolute atomic E-state index is 0.0106. The van der Waals surface area contributed by atoms with Crippen molar-refractivity contribution >= 4 is 17.4 Å². The van der Waals surface area contributed by atoms with Gasteiger partial charge >= 0.3 is 0 Å². The van der Waals surface area contributed by atoms with Gasteiger partial charge in [0.15, 0.2) is 5.65 Å². The molecule has 7 rings (SSSR count). The van der Waals surface area contributed by atoms with Crippen LogP contribution in [0.1, 0.15) is 34.8 Å². The lowest BCUT2D eigenvalue weighted by atomic mass is 9.89. The Morgan fingerprint density at radius 3 is 2.76 bits per heavy atom. The Morgan fingerprint density at radius 1 is 1.14 bits per heavy atom. The second-order valence-electron chi connectivity index (χ2n) is 11.1. The molecule has 216 valence electrons. The van der Waals surface area contributed by atoms with Gasteiger partial charge in [0.05, 0.1) is 43.3 Å². The van der Waals surface area contributed by atoms with Crippen LogP contribution in [0.4, 0.5) is 5.82 Å². The molecule has 5 heterocycles. The van der Waals surface area contributed by atoms with E-state index in [1.807, 2.05) is 55.8 Å². The highest BCUT2D eigenvalue weighted by Gasteiger charge is 2.33. The summed E-state index contributed by atoms with van der Waals surface area (Å²) in [4.78, 5) is 25.2. The molecule has 4 aliphatic rings. The van der Waals surface area contributed by atoms with E-state index in [1.165, 1.54) is 0 Å². The molecule has 1 saturated heterocycles. The third-order valence-corrected chi connectivity index (χ3v) is 8.44. The summed E-state index contributed by atoms with van der Waals surface area (Å²) >= 11 is 0. The Labute approximate surface area is 243 Å². The van der Waals surface area contributed by atoms with Crippen LogP contribution >= 0.6 is 0 Å². The van der Waals surface area contributed by atoms with Crippen molar-refractivity contribution in [1.29, 1.82) is 0 Å². The van der Waals surface area contributed by atoms with Crippen LogP contribution in [0.25, 0.3) is 28.3 Å². The zero-order valence-electron chi connectivity index (χ0n) is 23.6. The van der Waals surface area contributed by atoms with Crippen LogP contribution in [0.5, 0.6) is 0 Å². The molecule has 0 spiro atoms. The minimum Gasteiger partial charge on any atom is -0.391 e. The smallest absolute Gasteiger partial charge is 0.257 e. The normalized spacial score (nSPS) is 22.0. The first kappa shape index (κ1) is 26.6. The van der Waals surface area contributed by atoms with Crippen molar-refractivity contribution in [3.05, 3.63) is 78.2 Å². The van der Waals surface area contributed by atoms with Crippen molar-refractivity contribution < 1.29 is 19.4 Å². The van der Waals surface area contributed by atoms with Crippen LogP contribution in [0.3, 0.4) is 0 Å². The summed E-state index contributed by atoms with van der Waals surface area (Å²) in [5.74, 6) is 1.30.